The quantitative estimate of drug-likeness (QED) is 0.242. The highest BCUT2D eigenvalue weighted by atomic mass is 16.5. The van der Waals surface area contributed by atoms with Gasteiger partial charge in [0, 0.05) is 18.0 Å². The molecule has 2 aliphatic heterocycles. The van der Waals surface area contributed by atoms with Crippen LogP contribution in [0.25, 0.3) is 0 Å². The van der Waals surface area contributed by atoms with E-state index >= 15 is 0 Å². The van der Waals surface area contributed by atoms with Gasteiger partial charge in [0.1, 0.15) is 5.75 Å². The number of amides is 2. The lowest BCUT2D eigenvalue weighted by molar-refractivity contribution is -0.169. The van der Waals surface area contributed by atoms with E-state index in [1.54, 1.807) is 67.8 Å². The molecule has 3 aromatic carbocycles. The molecule has 0 aromatic heterocycles. The molecule has 2 amide bonds. The van der Waals surface area contributed by atoms with E-state index in [1.807, 2.05) is 12.1 Å². The molecular weight excluding hydrogens is 544 g/mol. The summed E-state index contributed by atoms with van der Waals surface area (Å²) >= 11 is 0. The van der Waals surface area contributed by atoms with Crippen molar-refractivity contribution in [3.63, 3.8) is 0 Å². The molecule has 11 heteroatoms. The van der Waals surface area contributed by atoms with Crippen LogP contribution in [-0.2, 0) is 41.5 Å². The summed E-state index contributed by atoms with van der Waals surface area (Å²) < 4.78 is 14.5. The van der Waals surface area contributed by atoms with Crippen LogP contribution in [0.2, 0.25) is 0 Å². The molecule has 3 N–H and O–H groups in total. The van der Waals surface area contributed by atoms with Crippen molar-refractivity contribution in [2.45, 2.75) is 30.8 Å². The topological polar surface area (TPSA) is 152 Å². The summed E-state index contributed by atoms with van der Waals surface area (Å²) in [6.07, 6.45) is 0.649. The van der Waals surface area contributed by atoms with Gasteiger partial charge < -0.3 is 24.6 Å². The maximum Gasteiger partial charge on any atom is 0.348 e. The number of rotatable bonds is 4. The third-order valence-electron chi connectivity index (χ3n) is 7.43. The van der Waals surface area contributed by atoms with E-state index in [-0.39, 0.29) is 6.42 Å². The lowest BCUT2D eigenvalue weighted by atomic mass is 9.78. The van der Waals surface area contributed by atoms with Gasteiger partial charge in [0.2, 0.25) is 5.60 Å². The predicted octanol–water partition coefficient (Wildman–Crippen LogP) is 3.02. The first-order valence-corrected chi connectivity index (χ1v) is 13.2. The number of hydrogen-bond donors (Lipinski definition) is 3. The molecule has 3 aromatic rings. The molecule has 5 rings (SSSR count). The van der Waals surface area contributed by atoms with Gasteiger partial charge in [-0.25, -0.2) is 4.79 Å². The molecule has 2 aliphatic rings. The fourth-order valence-corrected chi connectivity index (χ4v) is 5.14. The number of fused-ring (bicyclic) bond motifs is 2. The summed E-state index contributed by atoms with van der Waals surface area (Å²) in [5.74, 6) is -3.40. The Balaban J connectivity index is 0.000000208. The highest BCUT2D eigenvalue weighted by Gasteiger charge is 2.54. The number of ether oxygens (including phenoxy) is 3. The van der Waals surface area contributed by atoms with Gasteiger partial charge in [0.15, 0.2) is 0 Å². The van der Waals surface area contributed by atoms with E-state index in [2.05, 4.69) is 10.1 Å². The fraction of sp³-hybridized carbons (Fsp3) is 0.290. The first-order valence-electron chi connectivity index (χ1n) is 13.2. The molecule has 42 heavy (non-hydrogen) atoms. The summed E-state index contributed by atoms with van der Waals surface area (Å²) in [5, 5.41) is 24.0. The molecule has 3 unspecified atom stereocenters. The maximum atomic E-state index is 12.7. The van der Waals surface area contributed by atoms with E-state index in [0.717, 1.165) is 18.2 Å². The van der Waals surface area contributed by atoms with E-state index in [9.17, 15) is 29.5 Å². The van der Waals surface area contributed by atoms with Gasteiger partial charge in [-0.1, -0.05) is 48.5 Å². The summed E-state index contributed by atoms with van der Waals surface area (Å²) in [4.78, 5) is 48.3. The first-order chi connectivity index (χ1) is 20.1. The van der Waals surface area contributed by atoms with Gasteiger partial charge >= 0.3 is 11.9 Å². The lowest BCUT2D eigenvalue weighted by Crippen LogP contribution is -2.54. The Hall–Kier alpha value is -4.74. The average molecular weight is 577 g/mol. The van der Waals surface area contributed by atoms with Crippen LogP contribution in [-0.4, -0.2) is 61.0 Å². The molecule has 11 nitrogen and oxygen atoms in total. The normalized spacial score (nSPS) is 21.2. The van der Waals surface area contributed by atoms with Crippen molar-refractivity contribution in [2.24, 2.45) is 5.92 Å². The van der Waals surface area contributed by atoms with Gasteiger partial charge in [0.25, 0.3) is 11.8 Å². The second-order valence-corrected chi connectivity index (χ2v) is 9.86. The summed E-state index contributed by atoms with van der Waals surface area (Å²) in [6, 6.07) is 21.1. The predicted molar refractivity (Wildman–Crippen MR) is 151 cm³/mol. The van der Waals surface area contributed by atoms with Crippen LogP contribution in [0.15, 0.2) is 72.8 Å². The highest BCUT2D eigenvalue weighted by Crippen LogP contribution is 2.39. The van der Waals surface area contributed by atoms with Crippen LogP contribution in [0.5, 0.6) is 5.75 Å². The number of methoxy groups -OCH3 is 3. The van der Waals surface area contributed by atoms with Crippen molar-refractivity contribution in [3.05, 3.63) is 89.5 Å². The number of carbonyl (C=O) groups is 4. The number of aliphatic hydroxyl groups is 1. The Morgan fingerprint density at radius 3 is 2.14 bits per heavy atom. The fourth-order valence-electron chi connectivity index (χ4n) is 5.14. The zero-order valence-electron chi connectivity index (χ0n) is 23.4. The van der Waals surface area contributed by atoms with Crippen molar-refractivity contribution in [1.29, 1.82) is 0 Å². The Bertz CT molecular complexity index is 1470. The van der Waals surface area contributed by atoms with Gasteiger partial charge in [0.05, 0.1) is 32.9 Å². The molecule has 0 saturated heterocycles. The molecule has 0 spiro atoms. The van der Waals surface area contributed by atoms with Crippen molar-refractivity contribution in [3.8, 4) is 5.75 Å². The number of nitrogens with one attached hydrogen (secondary N) is 1. The maximum absolute atomic E-state index is 12.7. The molecule has 0 fully saturated rings. The Morgan fingerprint density at radius 2 is 1.50 bits per heavy atom. The van der Waals surface area contributed by atoms with Gasteiger partial charge in [-0.2, -0.15) is 5.06 Å². The van der Waals surface area contributed by atoms with E-state index in [0.29, 0.717) is 40.6 Å². The molecule has 0 aliphatic carbocycles. The minimum absolute atomic E-state index is 0.0438. The van der Waals surface area contributed by atoms with Crippen LogP contribution in [0.4, 0.5) is 11.4 Å². The Kier molecular flexibility index (Phi) is 9.24. The van der Waals surface area contributed by atoms with Crippen molar-refractivity contribution < 1.29 is 43.7 Å². The molecule has 0 radical (unpaired) electrons. The molecule has 0 bridgehead atoms. The second kappa shape index (κ2) is 12.8. The third-order valence-corrected chi connectivity index (χ3v) is 7.43. The standard InChI is InChI=1S/C19H19NO5.C12H13NO4/c1-24-14-9-7-12(8-10-14)15-11-13-5-3-4-6-16(13)20-17(21)19(15,23)18(22)25-2;1-17-12(15)9-6-8-4-2-3-5-10(8)13(16)11(14)7-9/h3-10,15,23H,11H2,1-2H3,(H,20,21);2-5,9,16H,6-7H2,1H3. The summed E-state index contributed by atoms with van der Waals surface area (Å²) in [6.45, 7) is 0. The second-order valence-electron chi connectivity index (χ2n) is 9.86. The number of nitrogens with zero attached hydrogens (tertiary/aromatic N) is 1. The minimum atomic E-state index is -2.33. The average Bonchev–Trinajstić information content (AvgIpc) is 3.22. The minimum Gasteiger partial charge on any atom is -0.497 e. The number of anilines is 2. The number of esters is 2. The Labute approximate surface area is 242 Å². The first kappa shape index (κ1) is 30.2. The zero-order valence-corrected chi connectivity index (χ0v) is 23.4. The largest absolute Gasteiger partial charge is 0.497 e. The van der Waals surface area contributed by atoms with Gasteiger partial charge in [-0.15, -0.1) is 0 Å². The van der Waals surface area contributed by atoms with Gasteiger partial charge in [-0.05, 0) is 53.8 Å². The van der Waals surface area contributed by atoms with Crippen LogP contribution in [0.3, 0.4) is 0 Å². The van der Waals surface area contributed by atoms with Crippen LogP contribution < -0.4 is 15.1 Å². The zero-order chi connectivity index (χ0) is 30.4. The van der Waals surface area contributed by atoms with Crippen molar-refractivity contribution in [2.75, 3.05) is 31.7 Å². The van der Waals surface area contributed by atoms with Gasteiger partial charge in [-0.3, -0.25) is 19.6 Å². The van der Waals surface area contributed by atoms with Crippen molar-refractivity contribution >= 4 is 35.1 Å². The van der Waals surface area contributed by atoms with E-state index in [1.165, 1.54) is 7.11 Å². The number of para-hydroxylation sites is 2. The summed E-state index contributed by atoms with van der Waals surface area (Å²) in [7, 11) is 3.99. The van der Waals surface area contributed by atoms with Crippen LogP contribution in [0.1, 0.15) is 29.0 Å². The number of hydroxylamine groups is 1. The highest BCUT2D eigenvalue weighted by molar-refractivity contribution is 6.13. The molecular formula is C31H32N2O9. The van der Waals surface area contributed by atoms with Crippen LogP contribution >= 0.6 is 0 Å². The van der Waals surface area contributed by atoms with E-state index < -0.39 is 41.2 Å². The third kappa shape index (κ3) is 5.97. The smallest absolute Gasteiger partial charge is 0.348 e. The molecule has 220 valence electrons. The van der Waals surface area contributed by atoms with E-state index in [4.69, 9.17) is 9.47 Å². The number of carbonyl (C=O) groups excluding carboxylic acids is 4. The Morgan fingerprint density at radius 1 is 0.857 bits per heavy atom. The number of benzene rings is 3. The molecule has 3 atom stereocenters. The molecule has 0 saturated carbocycles. The molecule has 2 heterocycles. The lowest BCUT2D eigenvalue weighted by Gasteiger charge is -2.30. The van der Waals surface area contributed by atoms with Crippen LogP contribution in [0, 0.1) is 5.92 Å². The monoisotopic (exact) mass is 576 g/mol. The summed E-state index contributed by atoms with van der Waals surface area (Å²) in [5.41, 5.74) is 0.908. The van der Waals surface area contributed by atoms with Crippen molar-refractivity contribution in [1.82, 2.24) is 0 Å². The SMILES string of the molecule is COC(=O)C1(O)C(=O)Nc2ccccc2CC1c1ccc(OC)cc1.COC(=O)C1CC(=O)N(O)c2ccccc2C1. The number of hydrogen-bond acceptors (Lipinski definition) is 9.